The Balaban J connectivity index is 1.71. The molecule has 0 spiro atoms. The van der Waals surface area contributed by atoms with Gasteiger partial charge in [-0.15, -0.1) is 0 Å². The lowest BCUT2D eigenvalue weighted by molar-refractivity contribution is -0.152. The Morgan fingerprint density at radius 1 is 1.31 bits per heavy atom. The van der Waals surface area contributed by atoms with E-state index in [1.165, 1.54) is 0 Å². The minimum absolute atomic E-state index is 0.000337. The summed E-state index contributed by atoms with van der Waals surface area (Å²) in [4.78, 5) is 17.8. The third kappa shape index (κ3) is 2.19. The molecule has 0 aromatic heterocycles. The van der Waals surface area contributed by atoms with Crippen LogP contribution in [0.3, 0.4) is 0 Å². The third-order valence-electron chi connectivity index (χ3n) is 7.45. The largest absolute Gasteiger partial charge is 0.497 e. The summed E-state index contributed by atoms with van der Waals surface area (Å²) in [6.07, 6.45) is 2.06. The predicted molar refractivity (Wildman–Crippen MR) is 101 cm³/mol. The van der Waals surface area contributed by atoms with Crippen LogP contribution in [-0.4, -0.2) is 37.5 Å². The van der Waals surface area contributed by atoms with E-state index in [0.717, 1.165) is 29.9 Å². The molecule has 2 aliphatic carbocycles. The van der Waals surface area contributed by atoms with E-state index in [4.69, 9.17) is 20.2 Å². The molecule has 1 aromatic carbocycles. The van der Waals surface area contributed by atoms with Crippen LogP contribution in [-0.2, 0) is 9.53 Å². The van der Waals surface area contributed by atoms with Gasteiger partial charge in [-0.1, -0.05) is 32.9 Å². The van der Waals surface area contributed by atoms with Gasteiger partial charge in [0.2, 0.25) is 0 Å². The number of nitrogens with zero attached hydrogens (tertiary/aromatic N) is 1. The minimum Gasteiger partial charge on any atom is -0.497 e. The molecular formula is C21H28N2O3. The van der Waals surface area contributed by atoms with E-state index in [-0.39, 0.29) is 28.8 Å². The lowest BCUT2D eigenvalue weighted by atomic mass is 9.70. The topological polar surface area (TPSA) is 73.9 Å². The second kappa shape index (κ2) is 5.81. The Kier molecular flexibility index (Phi) is 3.92. The van der Waals surface area contributed by atoms with E-state index >= 15 is 0 Å². The summed E-state index contributed by atoms with van der Waals surface area (Å²) in [5, 5.41) is 0. The van der Waals surface area contributed by atoms with Crippen molar-refractivity contribution in [3.8, 4) is 5.75 Å². The lowest BCUT2D eigenvalue weighted by Crippen LogP contribution is -2.47. The summed E-state index contributed by atoms with van der Waals surface area (Å²) < 4.78 is 11.2. The van der Waals surface area contributed by atoms with E-state index in [0.29, 0.717) is 12.5 Å². The van der Waals surface area contributed by atoms with Gasteiger partial charge in [0.25, 0.3) is 0 Å². The van der Waals surface area contributed by atoms with Gasteiger partial charge in [0.05, 0.1) is 12.8 Å². The van der Waals surface area contributed by atoms with E-state index < -0.39 is 6.04 Å². The third-order valence-corrected chi connectivity index (χ3v) is 7.45. The van der Waals surface area contributed by atoms with Crippen molar-refractivity contribution in [1.82, 2.24) is 0 Å². The van der Waals surface area contributed by atoms with Crippen LogP contribution in [0.25, 0.3) is 0 Å². The summed E-state index contributed by atoms with van der Waals surface area (Å²) in [5.41, 5.74) is 8.23. The molecule has 26 heavy (non-hydrogen) atoms. The summed E-state index contributed by atoms with van der Waals surface area (Å²) >= 11 is 0. The molecule has 1 heterocycles. The first-order chi connectivity index (χ1) is 12.3. The highest BCUT2D eigenvalue weighted by atomic mass is 16.5. The van der Waals surface area contributed by atoms with E-state index in [9.17, 15) is 4.79 Å². The second-order valence-electron chi connectivity index (χ2n) is 8.63. The number of carbonyl (C=O) groups excluding carboxylic acids is 1. The fourth-order valence-electron chi connectivity index (χ4n) is 5.33. The van der Waals surface area contributed by atoms with Crippen LogP contribution in [0.2, 0.25) is 0 Å². The average Bonchev–Trinajstić information content (AvgIpc) is 2.95. The highest BCUT2D eigenvalue weighted by Crippen LogP contribution is 2.65. The number of benzene rings is 1. The number of carbonyl (C=O) groups is 1. The van der Waals surface area contributed by atoms with E-state index in [1.54, 1.807) is 7.11 Å². The number of esters is 1. The van der Waals surface area contributed by atoms with Gasteiger partial charge in [0.15, 0.2) is 6.04 Å². The zero-order valence-electron chi connectivity index (χ0n) is 16.0. The Hall–Kier alpha value is -1.88. The standard InChI is InChI=1S/C21H28N2O3/c1-20(2)15-9-10-21(20,3)18-17(15)26-19(24)16(23-18)14(11-22)12-5-7-13(25-4)8-6-12/h5-8,14-17H,9-11,22H2,1-4H3/t14-,15-,16+,17-,21+/m1/s1. The Labute approximate surface area is 155 Å². The number of ether oxygens (including phenoxy) is 2. The second-order valence-corrected chi connectivity index (χ2v) is 8.63. The number of nitrogens with two attached hydrogens (primary N) is 1. The molecule has 0 amide bonds. The van der Waals surface area contributed by atoms with Gasteiger partial charge in [-0.2, -0.15) is 0 Å². The van der Waals surface area contributed by atoms with Gasteiger partial charge >= 0.3 is 5.97 Å². The smallest absolute Gasteiger partial charge is 0.332 e. The van der Waals surface area contributed by atoms with Crippen LogP contribution in [0.1, 0.15) is 45.1 Å². The maximum atomic E-state index is 12.8. The first kappa shape index (κ1) is 17.5. The van der Waals surface area contributed by atoms with Crippen molar-refractivity contribution in [3.63, 3.8) is 0 Å². The molecule has 5 nitrogen and oxygen atoms in total. The van der Waals surface area contributed by atoms with Gasteiger partial charge in [-0.25, -0.2) is 4.79 Å². The van der Waals surface area contributed by atoms with E-state index in [2.05, 4.69) is 20.8 Å². The van der Waals surface area contributed by atoms with Crippen molar-refractivity contribution in [2.24, 2.45) is 27.5 Å². The molecule has 4 rings (SSSR count). The molecule has 0 saturated heterocycles. The van der Waals surface area contributed by atoms with Crippen molar-refractivity contribution < 1.29 is 14.3 Å². The van der Waals surface area contributed by atoms with Crippen LogP contribution in [0, 0.1) is 16.7 Å². The SMILES string of the molecule is COc1ccc([C@@H](CN)[C@@H]2N=C3[C@H](OC2=O)[C@H]2CC[C@]3(C)C2(C)C)cc1. The molecule has 3 aliphatic rings. The van der Waals surface area contributed by atoms with Crippen LogP contribution >= 0.6 is 0 Å². The Bertz CT molecular complexity index is 755. The number of aliphatic imine (C=N–C) groups is 1. The van der Waals surface area contributed by atoms with Crippen molar-refractivity contribution >= 4 is 11.7 Å². The number of hydrogen-bond acceptors (Lipinski definition) is 5. The van der Waals surface area contributed by atoms with Crippen molar-refractivity contribution in [2.75, 3.05) is 13.7 Å². The van der Waals surface area contributed by atoms with Gasteiger partial charge < -0.3 is 15.2 Å². The van der Waals surface area contributed by atoms with Crippen LogP contribution in [0.4, 0.5) is 0 Å². The molecule has 0 radical (unpaired) electrons. The lowest BCUT2D eigenvalue weighted by Gasteiger charge is -2.37. The van der Waals surface area contributed by atoms with Crippen LogP contribution < -0.4 is 10.5 Å². The van der Waals surface area contributed by atoms with E-state index in [1.807, 2.05) is 24.3 Å². The van der Waals surface area contributed by atoms with Crippen LogP contribution in [0.15, 0.2) is 29.3 Å². The predicted octanol–water partition coefficient (Wildman–Crippen LogP) is 2.93. The van der Waals surface area contributed by atoms with Crippen molar-refractivity contribution in [3.05, 3.63) is 29.8 Å². The van der Waals surface area contributed by atoms with Gasteiger partial charge in [-0.05, 0) is 36.0 Å². The van der Waals surface area contributed by atoms with Gasteiger partial charge in [0, 0.05) is 23.8 Å². The summed E-state index contributed by atoms with van der Waals surface area (Å²) in [6, 6.07) is 7.14. The molecule has 5 heteroatoms. The zero-order valence-corrected chi connectivity index (χ0v) is 16.0. The fraction of sp³-hybridized carbons (Fsp3) is 0.619. The molecule has 1 aliphatic heterocycles. The zero-order chi connectivity index (χ0) is 18.7. The molecule has 2 saturated carbocycles. The molecule has 2 fully saturated rings. The summed E-state index contributed by atoms with van der Waals surface area (Å²) in [5.74, 6) is 0.725. The molecule has 1 aromatic rings. The highest BCUT2D eigenvalue weighted by Gasteiger charge is 2.67. The summed E-state index contributed by atoms with van der Waals surface area (Å²) in [6.45, 7) is 7.21. The molecule has 5 atom stereocenters. The van der Waals surface area contributed by atoms with Gasteiger partial charge in [0.1, 0.15) is 11.9 Å². The van der Waals surface area contributed by atoms with Crippen LogP contribution in [0.5, 0.6) is 5.75 Å². The Morgan fingerprint density at radius 2 is 2.00 bits per heavy atom. The van der Waals surface area contributed by atoms with Gasteiger partial charge in [-0.3, -0.25) is 4.99 Å². The fourth-order valence-corrected chi connectivity index (χ4v) is 5.33. The maximum absolute atomic E-state index is 12.8. The maximum Gasteiger partial charge on any atom is 0.332 e. The van der Waals surface area contributed by atoms with Crippen molar-refractivity contribution in [2.45, 2.75) is 51.7 Å². The minimum atomic E-state index is -0.563. The molecule has 2 N–H and O–H groups in total. The molecule has 2 bridgehead atoms. The van der Waals surface area contributed by atoms with Crippen molar-refractivity contribution in [1.29, 1.82) is 0 Å². The monoisotopic (exact) mass is 356 g/mol. The molecular weight excluding hydrogens is 328 g/mol. The normalized spacial score (nSPS) is 35.5. The average molecular weight is 356 g/mol. The quantitative estimate of drug-likeness (QED) is 0.842. The molecule has 0 unspecified atom stereocenters. The Morgan fingerprint density at radius 3 is 2.62 bits per heavy atom. The number of hydrogen-bond donors (Lipinski definition) is 1. The summed E-state index contributed by atoms with van der Waals surface area (Å²) in [7, 11) is 1.64. The molecule has 140 valence electrons. The number of methoxy groups -OCH3 is 1. The first-order valence-corrected chi connectivity index (χ1v) is 9.46. The number of fused-ring (bicyclic) bond motifs is 5. The first-order valence-electron chi connectivity index (χ1n) is 9.46. The highest BCUT2D eigenvalue weighted by molar-refractivity contribution is 6.03. The number of rotatable bonds is 4.